The van der Waals surface area contributed by atoms with E-state index in [2.05, 4.69) is 68.5 Å². The van der Waals surface area contributed by atoms with Gasteiger partial charge in [-0.25, -0.2) is 0 Å². The number of halogens is 2. The largest absolute Gasteiger partial charge is 0.271 e. The van der Waals surface area contributed by atoms with Crippen LogP contribution in [0, 0.1) is 6.92 Å². The summed E-state index contributed by atoms with van der Waals surface area (Å²) in [6.07, 6.45) is 0.833. The Bertz CT molecular complexity index is 570. The van der Waals surface area contributed by atoms with E-state index in [9.17, 15) is 0 Å². The molecule has 2 nitrogen and oxygen atoms in total. The van der Waals surface area contributed by atoms with Gasteiger partial charge in [-0.2, -0.15) is 0 Å². The highest BCUT2D eigenvalue weighted by Gasteiger charge is 2.15. The van der Waals surface area contributed by atoms with E-state index in [1.807, 2.05) is 18.2 Å². The van der Waals surface area contributed by atoms with E-state index in [1.54, 1.807) is 0 Å². The van der Waals surface area contributed by atoms with Crippen LogP contribution in [-0.2, 0) is 6.42 Å². The average Bonchev–Trinajstić information content (AvgIpc) is 2.41. The normalized spacial score (nSPS) is 12.4. The third kappa shape index (κ3) is 3.66. The molecule has 0 radical (unpaired) electrons. The average molecular weight is 384 g/mol. The highest BCUT2D eigenvalue weighted by atomic mass is 79.9. The number of hydrazine groups is 1. The summed E-state index contributed by atoms with van der Waals surface area (Å²) >= 11 is 7.18. The summed E-state index contributed by atoms with van der Waals surface area (Å²) in [7, 11) is 0. The van der Waals surface area contributed by atoms with Crippen molar-refractivity contribution in [1.82, 2.24) is 5.43 Å². The zero-order chi connectivity index (χ0) is 13.8. The molecule has 1 unspecified atom stereocenters. The minimum Gasteiger partial charge on any atom is -0.271 e. The van der Waals surface area contributed by atoms with Crippen molar-refractivity contribution < 1.29 is 0 Å². The van der Waals surface area contributed by atoms with Crippen LogP contribution in [0.4, 0.5) is 0 Å². The summed E-state index contributed by atoms with van der Waals surface area (Å²) in [5.41, 5.74) is 6.55. The summed E-state index contributed by atoms with van der Waals surface area (Å²) in [6, 6.07) is 14.6. The van der Waals surface area contributed by atoms with Gasteiger partial charge in [-0.1, -0.05) is 67.8 Å². The third-order valence-corrected chi connectivity index (χ3v) is 4.61. The molecule has 19 heavy (non-hydrogen) atoms. The number of aryl methyl sites for hydroxylation is 1. The molecule has 0 spiro atoms. The Hall–Kier alpha value is -0.680. The van der Waals surface area contributed by atoms with Crippen LogP contribution in [0.5, 0.6) is 0 Å². The maximum atomic E-state index is 5.74. The zero-order valence-corrected chi connectivity index (χ0v) is 13.8. The van der Waals surface area contributed by atoms with Crippen molar-refractivity contribution in [3.8, 4) is 0 Å². The Morgan fingerprint density at radius 1 is 1.11 bits per heavy atom. The van der Waals surface area contributed by atoms with Crippen molar-refractivity contribution >= 4 is 31.9 Å². The number of hydrogen-bond donors (Lipinski definition) is 2. The van der Waals surface area contributed by atoms with Crippen molar-refractivity contribution in [1.29, 1.82) is 0 Å². The van der Waals surface area contributed by atoms with Gasteiger partial charge in [0.2, 0.25) is 0 Å². The monoisotopic (exact) mass is 382 g/mol. The van der Waals surface area contributed by atoms with E-state index in [0.29, 0.717) is 0 Å². The molecule has 0 saturated carbocycles. The van der Waals surface area contributed by atoms with Gasteiger partial charge in [0.1, 0.15) is 0 Å². The fourth-order valence-corrected chi connectivity index (χ4v) is 3.04. The Morgan fingerprint density at radius 2 is 1.84 bits per heavy atom. The van der Waals surface area contributed by atoms with Crippen LogP contribution in [0.25, 0.3) is 0 Å². The molecule has 2 aromatic rings. The van der Waals surface area contributed by atoms with Crippen molar-refractivity contribution in [2.45, 2.75) is 19.4 Å². The topological polar surface area (TPSA) is 38.0 Å². The van der Waals surface area contributed by atoms with Crippen LogP contribution < -0.4 is 11.3 Å². The fourth-order valence-electron chi connectivity index (χ4n) is 2.07. The first-order chi connectivity index (χ1) is 9.11. The minimum absolute atomic E-state index is 0.0768. The quantitative estimate of drug-likeness (QED) is 0.611. The lowest BCUT2D eigenvalue weighted by molar-refractivity contribution is 0.549. The summed E-state index contributed by atoms with van der Waals surface area (Å²) < 4.78 is 2.19. The molecule has 0 aliphatic rings. The number of benzene rings is 2. The molecule has 100 valence electrons. The van der Waals surface area contributed by atoms with E-state index in [-0.39, 0.29) is 6.04 Å². The summed E-state index contributed by atoms with van der Waals surface area (Å²) in [5, 5.41) is 0. The lowest BCUT2D eigenvalue weighted by Gasteiger charge is -2.19. The first kappa shape index (κ1) is 14.7. The van der Waals surface area contributed by atoms with Crippen LogP contribution in [0.1, 0.15) is 22.7 Å². The standard InChI is InChI=1S/C15H16Br2N2/c1-10-6-7-14(17)12(8-10)15(19-18)9-11-4-2-3-5-13(11)16/h2-8,15,19H,9,18H2,1H3. The summed E-state index contributed by atoms with van der Waals surface area (Å²) in [4.78, 5) is 0. The molecule has 0 aromatic heterocycles. The number of hydrogen-bond acceptors (Lipinski definition) is 2. The summed E-state index contributed by atoms with van der Waals surface area (Å²) in [6.45, 7) is 2.09. The van der Waals surface area contributed by atoms with Gasteiger partial charge < -0.3 is 0 Å². The van der Waals surface area contributed by atoms with E-state index < -0.39 is 0 Å². The number of nitrogens with two attached hydrogens (primary N) is 1. The van der Waals surface area contributed by atoms with Crippen LogP contribution in [-0.4, -0.2) is 0 Å². The second-order valence-electron chi connectivity index (χ2n) is 4.54. The minimum atomic E-state index is 0.0768. The smallest absolute Gasteiger partial charge is 0.0511 e. The molecule has 4 heteroatoms. The fraction of sp³-hybridized carbons (Fsp3) is 0.200. The molecule has 2 rings (SSSR count). The molecule has 0 fully saturated rings. The molecule has 0 aliphatic carbocycles. The van der Waals surface area contributed by atoms with Crippen LogP contribution in [0.3, 0.4) is 0 Å². The van der Waals surface area contributed by atoms with Gasteiger partial charge in [0.25, 0.3) is 0 Å². The lowest BCUT2D eigenvalue weighted by atomic mass is 9.98. The van der Waals surface area contributed by atoms with Crippen LogP contribution >= 0.6 is 31.9 Å². The van der Waals surface area contributed by atoms with Gasteiger partial charge in [0.15, 0.2) is 0 Å². The maximum Gasteiger partial charge on any atom is 0.0511 e. The molecule has 1 atom stereocenters. The predicted molar refractivity (Wildman–Crippen MR) is 86.8 cm³/mol. The first-order valence-corrected chi connectivity index (χ1v) is 7.66. The van der Waals surface area contributed by atoms with Crippen LogP contribution in [0.2, 0.25) is 0 Å². The Labute approximate surface area is 130 Å². The lowest BCUT2D eigenvalue weighted by Crippen LogP contribution is -2.30. The molecular weight excluding hydrogens is 368 g/mol. The molecule has 0 bridgehead atoms. The molecular formula is C15H16Br2N2. The van der Waals surface area contributed by atoms with E-state index >= 15 is 0 Å². The van der Waals surface area contributed by atoms with Crippen molar-refractivity contribution in [2.75, 3.05) is 0 Å². The molecule has 0 heterocycles. The molecule has 2 aromatic carbocycles. The van der Waals surface area contributed by atoms with Gasteiger partial charge in [0, 0.05) is 8.95 Å². The van der Waals surface area contributed by atoms with E-state index in [1.165, 1.54) is 16.7 Å². The Kier molecular flexibility index (Phi) is 5.16. The highest BCUT2D eigenvalue weighted by Crippen LogP contribution is 2.28. The zero-order valence-electron chi connectivity index (χ0n) is 10.7. The van der Waals surface area contributed by atoms with Gasteiger partial charge in [0.05, 0.1) is 6.04 Å². The molecule has 0 amide bonds. The van der Waals surface area contributed by atoms with Crippen molar-refractivity contribution in [3.63, 3.8) is 0 Å². The second kappa shape index (κ2) is 6.66. The van der Waals surface area contributed by atoms with Gasteiger partial charge in [-0.3, -0.25) is 11.3 Å². The summed E-state index contributed by atoms with van der Waals surface area (Å²) in [5.74, 6) is 5.74. The Morgan fingerprint density at radius 3 is 2.53 bits per heavy atom. The maximum absolute atomic E-state index is 5.74. The predicted octanol–water partition coefficient (Wildman–Crippen LogP) is 4.27. The van der Waals surface area contributed by atoms with E-state index in [4.69, 9.17) is 5.84 Å². The SMILES string of the molecule is Cc1ccc(Br)c(C(Cc2ccccc2Br)NN)c1. The molecule has 3 N–H and O–H groups in total. The molecule has 0 saturated heterocycles. The van der Waals surface area contributed by atoms with Gasteiger partial charge in [-0.05, 0) is 36.6 Å². The van der Waals surface area contributed by atoms with Crippen molar-refractivity contribution in [2.24, 2.45) is 5.84 Å². The molecule has 0 aliphatic heterocycles. The van der Waals surface area contributed by atoms with Gasteiger partial charge in [-0.15, -0.1) is 0 Å². The number of nitrogens with one attached hydrogen (secondary N) is 1. The Balaban J connectivity index is 2.30. The first-order valence-electron chi connectivity index (χ1n) is 6.07. The van der Waals surface area contributed by atoms with Gasteiger partial charge >= 0.3 is 0 Å². The number of rotatable bonds is 4. The van der Waals surface area contributed by atoms with E-state index in [0.717, 1.165) is 15.4 Å². The van der Waals surface area contributed by atoms with Crippen LogP contribution in [0.15, 0.2) is 51.4 Å². The van der Waals surface area contributed by atoms with Crippen molar-refractivity contribution in [3.05, 3.63) is 68.1 Å². The second-order valence-corrected chi connectivity index (χ2v) is 6.25. The third-order valence-electron chi connectivity index (χ3n) is 3.11. The highest BCUT2D eigenvalue weighted by molar-refractivity contribution is 9.10.